The number of rotatable bonds is 12. The summed E-state index contributed by atoms with van der Waals surface area (Å²) in [7, 11) is 0. The highest BCUT2D eigenvalue weighted by Crippen LogP contribution is 2.47. The molecule has 1 saturated carbocycles. The molecular weight excluding hydrogens is 955 g/mol. The van der Waals surface area contributed by atoms with Crippen LogP contribution in [-0.4, -0.2) is 143 Å². The standard InChI is InChI=1S/C58H68F2N10O5/c1-5-43-46(59)10-9-39-27-42(71)29-44(49(39)43)51-50(60)52-45(30-61-51)53(69-33-41-13-17-58(6-2,35-69)65-41)64-55(63-52)75-34-36(3)31-66-23-25-67(26-24-66)32-38-11-15-57(16-12-38)18-21-68(22-19-57)54(73)40-8-7-37(4)47(28-40)70-20-14-48(72)62-56(70)74/h1,7-10,27-30,36,38,41,65,71H,6,11-26,31-35H2,2-4H3,(H,62,72,74)/t36-,41?,58?/m1/s1. The molecule has 6 fully saturated rings. The molecule has 2 aromatic heterocycles. The highest BCUT2D eigenvalue weighted by Gasteiger charge is 2.45. The lowest BCUT2D eigenvalue weighted by atomic mass is 9.65. The number of nitrogens with zero attached hydrogens (tertiary/aromatic N) is 8. The second-order valence-corrected chi connectivity index (χ2v) is 22.6. The predicted molar refractivity (Wildman–Crippen MR) is 285 cm³/mol. The summed E-state index contributed by atoms with van der Waals surface area (Å²) in [6.45, 7) is 15.6. The summed E-state index contributed by atoms with van der Waals surface area (Å²) in [5, 5.41) is 18.1. The van der Waals surface area contributed by atoms with Crippen molar-refractivity contribution in [1.29, 1.82) is 0 Å². The van der Waals surface area contributed by atoms with Gasteiger partial charge in [-0.3, -0.25) is 24.8 Å². The summed E-state index contributed by atoms with van der Waals surface area (Å²) in [5.74, 6) is 1.99. The van der Waals surface area contributed by atoms with E-state index in [1.54, 1.807) is 17.2 Å². The van der Waals surface area contributed by atoms with Crippen molar-refractivity contribution >= 4 is 51.0 Å². The van der Waals surface area contributed by atoms with Gasteiger partial charge in [0.15, 0.2) is 5.82 Å². The van der Waals surface area contributed by atoms with E-state index in [0.29, 0.717) is 60.0 Å². The summed E-state index contributed by atoms with van der Waals surface area (Å²) < 4.78 is 38.7. The minimum atomic E-state index is -0.737. The van der Waals surface area contributed by atoms with Gasteiger partial charge in [0.05, 0.1) is 17.6 Å². The molecule has 0 radical (unpaired) electrons. The molecule has 1 spiro atoms. The van der Waals surface area contributed by atoms with Crippen LogP contribution in [-0.2, 0) is 4.79 Å². The number of carbonyl (C=O) groups excluding carboxylic acids is 3. The largest absolute Gasteiger partial charge is 0.508 e. The number of piperidine rings is 1. The van der Waals surface area contributed by atoms with Gasteiger partial charge in [-0.25, -0.2) is 13.6 Å². The minimum Gasteiger partial charge on any atom is -0.508 e. The molecule has 11 rings (SSSR count). The van der Waals surface area contributed by atoms with Crippen LogP contribution in [0.2, 0.25) is 0 Å². The number of benzene rings is 3. The molecule has 5 aliphatic heterocycles. The number of phenolic OH excluding ortho intramolecular Hbond substituents is 1. The predicted octanol–water partition coefficient (Wildman–Crippen LogP) is 8.03. The summed E-state index contributed by atoms with van der Waals surface area (Å²) in [5.41, 5.74) is 2.38. The lowest BCUT2D eigenvalue weighted by Crippen LogP contribution is -2.59. The number of ether oxygens (including phenoxy) is 1. The monoisotopic (exact) mass is 1020 g/mol. The van der Waals surface area contributed by atoms with E-state index in [1.807, 2.05) is 24.0 Å². The van der Waals surface area contributed by atoms with Crippen LogP contribution in [0.3, 0.4) is 0 Å². The minimum absolute atomic E-state index is 0.00319. The number of hydrogen-bond donors (Lipinski definition) is 3. The Bertz CT molecular complexity index is 3090. The first-order chi connectivity index (χ1) is 36.2. The van der Waals surface area contributed by atoms with Crippen molar-refractivity contribution < 1.29 is 33.0 Å². The summed E-state index contributed by atoms with van der Waals surface area (Å²) in [6.07, 6.45) is 17.4. The van der Waals surface area contributed by atoms with Crippen LogP contribution >= 0.6 is 0 Å². The lowest BCUT2D eigenvalue weighted by molar-refractivity contribution is -0.120. The molecule has 3 atom stereocenters. The molecule has 2 unspecified atom stereocenters. The first-order valence-electron chi connectivity index (χ1n) is 27.1. The highest BCUT2D eigenvalue weighted by atomic mass is 19.1. The number of anilines is 2. The van der Waals surface area contributed by atoms with E-state index in [2.05, 4.69) is 50.1 Å². The van der Waals surface area contributed by atoms with Crippen molar-refractivity contribution in [2.75, 3.05) is 88.4 Å². The third kappa shape index (κ3) is 10.1. The van der Waals surface area contributed by atoms with E-state index in [-0.39, 0.29) is 80.6 Å². The molecule has 3 aromatic carbocycles. The van der Waals surface area contributed by atoms with Gasteiger partial charge in [0.1, 0.15) is 28.6 Å². The topological polar surface area (TPSA) is 160 Å². The first-order valence-corrected chi connectivity index (χ1v) is 27.1. The Balaban J connectivity index is 0.694. The third-order valence-electron chi connectivity index (χ3n) is 17.6. The van der Waals surface area contributed by atoms with Crippen molar-refractivity contribution in [2.45, 2.75) is 96.6 Å². The van der Waals surface area contributed by atoms with Gasteiger partial charge >= 0.3 is 12.0 Å². The lowest BCUT2D eigenvalue weighted by Gasteiger charge is -2.47. The molecule has 6 aliphatic rings. The number of aromatic hydroxyl groups is 1. The van der Waals surface area contributed by atoms with Crippen molar-refractivity contribution in [3.63, 3.8) is 0 Å². The molecule has 4 amide bonds. The van der Waals surface area contributed by atoms with Crippen molar-refractivity contribution in [3.05, 3.63) is 77.0 Å². The molecule has 394 valence electrons. The maximum atomic E-state index is 17.2. The zero-order valence-electron chi connectivity index (χ0n) is 43.4. The van der Waals surface area contributed by atoms with Crippen molar-refractivity contribution in [2.24, 2.45) is 17.3 Å². The molecule has 5 saturated heterocycles. The maximum Gasteiger partial charge on any atom is 0.328 e. The van der Waals surface area contributed by atoms with Crippen LogP contribution in [0.1, 0.15) is 99.5 Å². The number of phenols is 1. The van der Waals surface area contributed by atoms with Crippen LogP contribution in [0, 0.1) is 48.2 Å². The zero-order chi connectivity index (χ0) is 52.2. The van der Waals surface area contributed by atoms with Gasteiger partial charge in [-0.15, -0.1) is 6.42 Å². The number of nitrogens with one attached hydrogen (secondary N) is 2. The maximum absolute atomic E-state index is 17.2. The molecule has 7 heterocycles. The normalized spacial score (nSPS) is 23.0. The fourth-order valence-corrected chi connectivity index (χ4v) is 13.2. The number of fused-ring (bicyclic) bond motifs is 4. The van der Waals surface area contributed by atoms with E-state index in [9.17, 15) is 19.5 Å². The fraction of sp³-hybridized carbons (Fsp3) is 0.517. The Hall–Kier alpha value is -6.48. The van der Waals surface area contributed by atoms with Crippen LogP contribution in [0.5, 0.6) is 11.8 Å². The van der Waals surface area contributed by atoms with Gasteiger partial charge in [0.2, 0.25) is 5.91 Å². The second-order valence-electron chi connectivity index (χ2n) is 22.6. The van der Waals surface area contributed by atoms with Crippen molar-refractivity contribution in [1.82, 2.24) is 40.3 Å². The summed E-state index contributed by atoms with van der Waals surface area (Å²) in [4.78, 5) is 63.2. The smallest absolute Gasteiger partial charge is 0.328 e. The number of imide groups is 1. The number of urea groups is 1. The fourth-order valence-electron chi connectivity index (χ4n) is 13.2. The number of piperazine rings is 2. The highest BCUT2D eigenvalue weighted by molar-refractivity contribution is 6.07. The number of likely N-dealkylation sites (tertiary alicyclic amines) is 1. The number of aryl methyl sites for hydroxylation is 1. The van der Waals surface area contributed by atoms with Gasteiger partial charge in [-0.2, -0.15) is 9.97 Å². The van der Waals surface area contributed by atoms with Gasteiger partial charge in [-0.05, 0) is 117 Å². The Morgan fingerprint density at radius 1 is 0.960 bits per heavy atom. The van der Waals surface area contributed by atoms with Crippen LogP contribution in [0.25, 0.3) is 32.9 Å². The molecule has 5 aromatic rings. The molecule has 3 N–H and O–H groups in total. The van der Waals surface area contributed by atoms with E-state index in [0.717, 1.165) is 90.0 Å². The zero-order valence-corrected chi connectivity index (χ0v) is 43.4. The number of terminal acetylenes is 1. The van der Waals surface area contributed by atoms with Crippen LogP contribution in [0.4, 0.5) is 25.1 Å². The molecule has 15 nitrogen and oxygen atoms in total. The summed E-state index contributed by atoms with van der Waals surface area (Å²) >= 11 is 0. The van der Waals surface area contributed by atoms with E-state index in [1.165, 1.54) is 49.9 Å². The number of aromatic nitrogens is 3. The Labute approximate surface area is 437 Å². The second kappa shape index (κ2) is 20.6. The Morgan fingerprint density at radius 3 is 2.48 bits per heavy atom. The van der Waals surface area contributed by atoms with Crippen LogP contribution < -0.4 is 25.2 Å². The van der Waals surface area contributed by atoms with E-state index < -0.39 is 17.7 Å². The number of hydrogen-bond acceptors (Lipinski definition) is 12. The molecule has 17 heteroatoms. The number of carbonyl (C=O) groups is 3. The first kappa shape index (κ1) is 50.7. The number of amides is 4. The number of halogens is 2. The quantitative estimate of drug-likeness (QED) is 0.104. The molecule has 75 heavy (non-hydrogen) atoms. The molecule has 1 aliphatic carbocycles. The number of pyridine rings is 1. The van der Waals surface area contributed by atoms with Gasteiger partial charge in [-0.1, -0.05) is 31.9 Å². The van der Waals surface area contributed by atoms with E-state index >= 15 is 8.78 Å². The Kier molecular flexibility index (Phi) is 13.9. The molecular formula is C58H68F2N10O5. The van der Waals surface area contributed by atoms with Crippen LogP contribution in [0.15, 0.2) is 48.7 Å². The average molecular weight is 1020 g/mol. The average Bonchev–Trinajstić information content (AvgIpc) is 3.72. The summed E-state index contributed by atoms with van der Waals surface area (Å²) in [6, 6.07) is 11.0. The Morgan fingerprint density at radius 2 is 1.73 bits per heavy atom. The third-order valence-corrected chi connectivity index (χ3v) is 17.6. The molecule has 2 bridgehead atoms. The van der Waals surface area contributed by atoms with Crippen molar-refractivity contribution in [3.8, 4) is 35.4 Å². The van der Waals surface area contributed by atoms with Gasteiger partial charge in [0.25, 0.3) is 5.91 Å². The van der Waals surface area contributed by atoms with Gasteiger partial charge in [0, 0.05) is 124 Å². The van der Waals surface area contributed by atoms with Gasteiger partial charge < -0.3 is 34.8 Å². The van der Waals surface area contributed by atoms with E-state index in [4.69, 9.17) is 21.1 Å². The SMILES string of the molecule is C#Cc1c(F)ccc2cc(O)cc(-c3ncc4c(N5CC6CCC(CC)(C5)N6)nc(OC[C@H](C)CN5CCN(CC6CCC7(CC6)CCN(C(=O)c6ccc(C)c(N8CCC(=O)NC8=O)c6)CC7)CC5)nc4c3F)c12.